The van der Waals surface area contributed by atoms with E-state index in [-0.39, 0.29) is 12.0 Å². The molecular weight excluding hydrogens is 234 g/mol. The normalized spacial score (nSPS) is 25.3. The van der Waals surface area contributed by atoms with Gasteiger partial charge in [0, 0.05) is 12.1 Å². The van der Waals surface area contributed by atoms with Crippen LogP contribution in [0.5, 0.6) is 0 Å². The number of halogens is 2. The number of nitrogens with two attached hydrogens (primary N) is 1. The summed E-state index contributed by atoms with van der Waals surface area (Å²) < 4.78 is 26.7. The summed E-state index contributed by atoms with van der Waals surface area (Å²) in [5, 5.41) is 0. The summed E-state index contributed by atoms with van der Waals surface area (Å²) in [4.78, 5) is 2.26. The third-order valence-electron chi connectivity index (χ3n) is 3.80. The molecule has 1 aromatic rings. The third kappa shape index (κ3) is 2.70. The maximum absolute atomic E-state index is 13.4. The van der Waals surface area contributed by atoms with Gasteiger partial charge in [-0.25, -0.2) is 8.78 Å². The molecule has 1 aliphatic rings. The lowest BCUT2D eigenvalue weighted by atomic mass is 9.84. The molecule has 1 aliphatic heterocycles. The van der Waals surface area contributed by atoms with Crippen LogP contribution >= 0.6 is 0 Å². The monoisotopic (exact) mass is 254 g/mol. The van der Waals surface area contributed by atoms with Gasteiger partial charge in [-0.1, -0.05) is 6.92 Å². The zero-order chi connectivity index (χ0) is 13.1. The molecule has 2 unspecified atom stereocenters. The van der Waals surface area contributed by atoms with Crippen molar-refractivity contribution in [2.45, 2.75) is 25.8 Å². The molecule has 1 fully saturated rings. The van der Waals surface area contributed by atoms with Crippen LogP contribution in [0.2, 0.25) is 0 Å². The number of benzene rings is 1. The molecule has 0 radical (unpaired) electrons. The van der Waals surface area contributed by atoms with Gasteiger partial charge in [0.1, 0.15) is 11.6 Å². The van der Waals surface area contributed by atoms with Gasteiger partial charge in [-0.15, -0.1) is 0 Å². The van der Waals surface area contributed by atoms with Crippen LogP contribution in [0.1, 0.15) is 31.4 Å². The smallest absolute Gasteiger partial charge is 0.126 e. The van der Waals surface area contributed by atoms with Gasteiger partial charge in [0.05, 0.1) is 0 Å². The molecule has 0 aromatic heterocycles. The van der Waals surface area contributed by atoms with Crippen molar-refractivity contribution in [3.63, 3.8) is 0 Å². The van der Waals surface area contributed by atoms with Gasteiger partial charge in [0.25, 0.3) is 0 Å². The molecule has 1 aromatic carbocycles. The fourth-order valence-corrected chi connectivity index (χ4v) is 2.98. The van der Waals surface area contributed by atoms with E-state index in [1.165, 1.54) is 12.1 Å². The molecule has 4 heteroatoms. The highest BCUT2D eigenvalue weighted by molar-refractivity contribution is 5.23. The van der Waals surface area contributed by atoms with E-state index in [0.717, 1.165) is 32.0 Å². The molecule has 2 N–H and O–H groups in total. The molecule has 0 bridgehead atoms. The topological polar surface area (TPSA) is 29.3 Å². The van der Waals surface area contributed by atoms with Crippen LogP contribution in [-0.4, -0.2) is 24.5 Å². The lowest BCUT2D eigenvalue weighted by molar-refractivity contribution is 0.101. The van der Waals surface area contributed by atoms with Crippen LogP contribution in [0, 0.1) is 17.6 Å². The van der Waals surface area contributed by atoms with Gasteiger partial charge in [-0.3, -0.25) is 4.90 Å². The van der Waals surface area contributed by atoms with Crippen molar-refractivity contribution in [1.82, 2.24) is 4.90 Å². The van der Waals surface area contributed by atoms with Crippen molar-refractivity contribution in [2.24, 2.45) is 11.7 Å². The Hall–Kier alpha value is -1.00. The van der Waals surface area contributed by atoms with Gasteiger partial charge in [0.15, 0.2) is 0 Å². The lowest BCUT2D eigenvalue weighted by Gasteiger charge is -2.41. The molecule has 0 spiro atoms. The van der Waals surface area contributed by atoms with Crippen molar-refractivity contribution < 1.29 is 8.78 Å². The standard InChI is InChI=1S/C14H20F2N2/c1-2-18-5-3-4-10(9-17)14(18)11-6-12(15)8-13(16)7-11/h6-8,10,14H,2-5,9,17H2,1H3. The van der Waals surface area contributed by atoms with E-state index in [9.17, 15) is 8.78 Å². The molecule has 1 saturated heterocycles. The van der Waals surface area contributed by atoms with Crippen molar-refractivity contribution in [3.05, 3.63) is 35.4 Å². The van der Waals surface area contributed by atoms with Crippen LogP contribution in [-0.2, 0) is 0 Å². The SMILES string of the molecule is CCN1CCCC(CN)C1c1cc(F)cc(F)c1. The summed E-state index contributed by atoms with van der Waals surface area (Å²) >= 11 is 0. The van der Waals surface area contributed by atoms with Crippen LogP contribution in [0.4, 0.5) is 8.78 Å². The van der Waals surface area contributed by atoms with Gasteiger partial charge in [-0.2, -0.15) is 0 Å². The van der Waals surface area contributed by atoms with Crippen molar-refractivity contribution in [2.75, 3.05) is 19.6 Å². The Bertz CT molecular complexity index is 377. The first-order valence-electron chi connectivity index (χ1n) is 6.55. The van der Waals surface area contributed by atoms with E-state index in [1.807, 2.05) is 0 Å². The largest absolute Gasteiger partial charge is 0.330 e. The number of likely N-dealkylation sites (tertiary alicyclic amines) is 1. The van der Waals surface area contributed by atoms with Crippen LogP contribution < -0.4 is 5.73 Å². The fourth-order valence-electron chi connectivity index (χ4n) is 2.98. The minimum atomic E-state index is -0.512. The van der Waals surface area contributed by atoms with E-state index in [1.54, 1.807) is 0 Å². The highest BCUT2D eigenvalue weighted by atomic mass is 19.1. The predicted molar refractivity (Wildman–Crippen MR) is 68.1 cm³/mol. The average molecular weight is 254 g/mol. The number of piperidine rings is 1. The second-order valence-corrected chi connectivity index (χ2v) is 4.91. The lowest BCUT2D eigenvalue weighted by Crippen LogP contribution is -2.41. The third-order valence-corrected chi connectivity index (χ3v) is 3.80. The van der Waals surface area contributed by atoms with E-state index in [4.69, 9.17) is 5.73 Å². The average Bonchev–Trinajstić information content (AvgIpc) is 2.36. The fraction of sp³-hybridized carbons (Fsp3) is 0.571. The molecule has 2 atom stereocenters. The predicted octanol–water partition coefficient (Wildman–Crippen LogP) is 2.70. The number of rotatable bonds is 3. The van der Waals surface area contributed by atoms with Gasteiger partial charge >= 0.3 is 0 Å². The molecule has 1 heterocycles. The van der Waals surface area contributed by atoms with Gasteiger partial charge in [0.2, 0.25) is 0 Å². The summed E-state index contributed by atoms with van der Waals surface area (Å²) in [6.07, 6.45) is 2.12. The number of hydrogen-bond donors (Lipinski definition) is 1. The first kappa shape index (κ1) is 13.4. The van der Waals surface area contributed by atoms with Gasteiger partial charge in [-0.05, 0) is 56.1 Å². The molecular formula is C14H20F2N2. The minimum Gasteiger partial charge on any atom is -0.330 e. The Balaban J connectivity index is 2.35. The zero-order valence-electron chi connectivity index (χ0n) is 10.7. The summed E-state index contributed by atoms with van der Waals surface area (Å²) in [5.41, 5.74) is 6.52. The number of hydrogen-bond acceptors (Lipinski definition) is 2. The van der Waals surface area contributed by atoms with Crippen molar-refractivity contribution in [1.29, 1.82) is 0 Å². The molecule has 0 amide bonds. The Kier molecular flexibility index (Phi) is 4.30. The maximum atomic E-state index is 13.4. The molecule has 2 nitrogen and oxygen atoms in total. The zero-order valence-corrected chi connectivity index (χ0v) is 10.7. The summed E-state index contributed by atoms with van der Waals surface area (Å²) in [7, 11) is 0. The Morgan fingerprint density at radius 2 is 1.94 bits per heavy atom. The van der Waals surface area contributed by atoms with E-state index in [2.05, 4.69) is 11.8 Å². The van der Waals surface area contributed by atoms with Crippen LogP contribution in [0.15, 0.2) is 18.2 Å². The molecule has 18 heavy (non-hydrogen) atoms. The van der Waals surface area contributed by atoms with E-state index < -0.39 is 11.6 Å². The van der Waals surface area contributed by atoms with Crippen LogP contribution in [0.3, 0.4) is 0 Å². The summed E-state index contributed by atoms with van der Waals surface area (Å²) in [6.45, 7) is 4.47. The Morgan fingerprint density at radius 3 is 2.50 bits per heavy atom. The highest BCUT2D eigenvalue weighted by Crippen LogP contribution is 2.35. The first-order chi connectivity index (χ1) is 8.65. The van der Waals surface area contributed by atoms with Crippen molar-refractivity contribution in [3.8, 4) is 0 Å². The summed E-state index contributed by atoms with van der Waals surface area (Å²) in [5.74, 6) is -0.746. The maximum Gasteiger partial charge on any atom is 0.126 e. The van der Waals surface area contributed by atoms with Gasteiger partial charge < -0.3 is 5.73 Å². The summed E-state index contributed by atoms with van der Waals surface area (Å²) in [6, 6.07) is 3.83. The second kappa shape index (κ2) is 5.76. The Labute approximate surface area is 107 Å². The second-order valence-electron chi connectivity index (χ2n) is 4.91. The molecule has 2 rings (SSSR count). The Morgan fingerprint density at radius 1 is 1.28 bits per heavy atom. The van der Waals surface area contributed by atoms with Crippen molar-refractivity contribution >= 4 is 0 Å². The van der Waals surface area contributed by atoms with E-state index in [0.29, 0.717) is 12.1 Å². The van der Waals surface area contributed by atoms with Crippen LogP contribution in [0.25, 0.3) is 0 Å². The molecule has 0 aliphatic carbocycles. The number of nitrogens with zero attached hydrogens (tertiary/aromatic N) is 1. The molecule has 0 saturated carbocycles. The highest BCUT2D eigenvalue weighted by Gasteiger charge is 2.31. The quantitative estimate of drug-likeness (QED) is 0.898. The molecule has 100 valence electrons. The van der Waals surface area contributed by atoms with E-state index >= 15 is 0 Å². The first-order valence-corrected chi connectivity index (χ1v) is 6.55. The minimum absolute atomic E-state index is 0.0407.